The van der Waals surface area contributed by atoms with Gasteiger partial charge < -0.3 is 10.2 Å². The van der Waals surface area contributed by atoms with Gasteiger partial charge in [-0.2, -0.15) is 0 Å². The van der Waals surface area contributed by atoms with Gasteiger partial charge in [0.1, 0.15) is 0 Å². The molecule has 5 nitrogen and oxygen atoms in total. The van der Waals surface area contributed by atoms with Gasteiger partial charge >= 0.3 is 0 Å². The average molecular weight is 315 g/mol. The Kier molecular flexibility index (Phi) is 5.26. The van der Waals surface area contributed by atoms with Gasteiger partial charge in [0.05, 0.1) is 12.5 Å². The molecule has 5 heteroatoms. The summed E-state index contributed by atoms with van der Waals surface area (Å²) in [4.78, 5) is 30.6. The molecule has 0 spiro atoms. The van der Waals surface area contributed by atoms with Crippen molar-refractivity contribution in [3.05, 3.63) is 30.1 Å². The van der Waals surface area contributed by atoms with Crippen molar-refractivity contribution in [1.82, 2.24) is 15.2 Å². The van der Waals surface area contributed by atoms with E-state index in [1.807, 2.05) is 23.1 Å². The highest BCUT2D eigenvalue weighted by Crippen LogP contribution is 2.25. The van der Waals surface area contributed by atoms with E-state index in [-0.39, 0.29) is 24.3 Å². The number of likely N-dealkylation sites (tertiary alicyclic amines) is 1. The number of aromatic nitrogens is 1. The van der Waals surface area contributed by atoms with Gasteiger partial charge in [-0.05, 0) is 25.0 Å². The van der Waals surface area contributed by atoms with E-state index in [1.165, 1.54) is 25.7 Å². The maximum absolute atomic E-state index is 12.3. The van der Waals surface area contributed by atoms with E-state index in [2.05, 4.69) is 10.3 Å². The molecule has 0 bridgehead atoms. The first-order valence-corrected chi connectivity index (χ1v) is 8.71. The van der Waals surface area contributed by atoms with Gasteiger partial charge in [0.15, 0.2) is 0 Å². The highest BCUT2D eigenvalue weighted by Gasteiger charge is 2.34. The summed E-state index contributed by atoms with van der Waals surface area (Å²) in [5.74, 6) is 0.143. The molecule has 1 N–H and O–H groups in total. The standard InChI is InChI=1S/C18H25N3O2/c22-17(11-14-7-5-6-10-19-14)20-15-12-18(23)21(13-15)16-8-3-1-2-4-9-16/h5-7,10,15-16H,1-4,8-9,11-13H2,(H,20,22)/t15-/m1/s1. The van der Waals surface area contributed by atoms with Crippen molar-refractivity contribution in [3.63, 3.8) is 0 Å². The Morgan fingerprint density at radius 3 is 2.70 bits per heavy atom. The van der Waals surface area contributed by atoms with Gasteiger partial charge in [-0.1, -0.05) is 31.7 Å². The van der Waals surface area contributed by atoms with Gasteiger partial charge in [0.25, 0.3) is 0 Å². The molecule has 1 atom stereocenters. The summed E-state index contributed by atoms with van der Waals surface area (Å²) in [6.45, 7) is 0.664. The van der Waals surface area contributed by atoms with E-state index in [9.17, 15) is 9.59 Å². The molecule has 2 heterocycles. The molecular formula is C18H25N3O2. The average Bonchev–Trinajstić information content (AvgIpc) is 2.76. The third-order valence-electron chi connectivity index (χ3n) is 4.86. The van der Waals surface area contributed by atoms with Crippen molar-refractivity contribution >= 4 is 11.8 Å². The number of nitrogens with one attached hydrogen (secondary N) is 1. The molecule has 1 aliphatic carbocycles. The van der Waals surface area contributed by atoms with Crippen molar-refractivity contribution in [3.8, 4) is 0 Å². The van der Waals surface area contributed by atoms with Crippen LogP contribution in [0.1, 0.15) is 50.6 Å². The molecule has 23 heavy (non-hydrogen) atoms. The van der Waals surface area contributed by atoms with E-state index in [4.69, 9.17) is 0 Å². The van der Waals surface area contributed by atoms with Crippen LogP contribution in [-0.4, -0.2) is 40.3 Å². The number of carbonyl (C=O) groups excluding carboxylic acids is 2. The Morgan fingerprint density at radius 2 is 2.00 bits per heavy atom. The molecule has 2 amide bonds. The fourth-order valence-corrected chi connectivity index (χ4v) is 3.70. The van der Waals surface area contributed by atoms with Gasteiger partial charge in [0.2, 0.25) is 11.8 Å². The minimum atomic E-state index is -0.0537. The molecule has 1 aromatic rings. The second-order valence-electron chi connectivity index (χ2n) is 6.66. The van der Waals surface area contributed by atoms with E-state index >= 15 is 0 Å². The van der Waals surface area contributed by atoms with Crippen LogP contribution < -0.4 is 5.32 Å². The normalized spacial score (nSPS) is 22.9. The van der Waals surface area contributed by atoms with Gasteiger partial charge in [-0.15, -0.1) is 0 Å². The summed E-state index contributed by atoms with van der Waals surface area (Å²) in [5, 5.41) is 3.00. The Morgan fingerprint density at radius 1 is 1.22 bits per heavy atom. The molecule has 0 unspecified atom stereocenters. The van der Waals surface area contributed by atoms with Gasteiger partial charge in [-0.25, -0.2) is 0 Å². The molecule has 124 valence electrons. The Labute approximate surface area is 137 Å². The largest absolute Gasteiger partial charge is 0.351 e. The van der Waals surface area contributed by atoms with Gasteiger partial charge in [-0.3, -0.25) is 14.6 Å². The van der Waals surface area contributed by atoms with E-state index in [1.54, 1.807) is 6.20 Å². The predicted molar refractivity (Wildman–Crippen MR) is 87.7 cm³/mol. The molecule has 1 saturated heterocycles. The first-order valence-electron chi connectivity index (χ1n) is 8.71. The van der Waals surface area contributed by atoms with Crippen LogP contribution in [0.2, 0.25) is 0 Å². The summed E-state index contributed by atoms with van der Waals surface area (Å²) >= 11 is 0. The third kappa shape index (κ3) is 4.30. The highest BCUT2D eigenvalue weighted by molar-refractivity contribution is 5.83. The highest BCUT2D eigenvalue weighted by atomic mass is 16.2. The number of amides is 2. The van der Waals surface area contributed by atoms with Crippen LogP contribution in [0.5, 0.6) is 0 Å². The monoisotopic (exact) mass is 315 g/mol. The zero-order chi connectivity index (χ0) is 16.1. The lowest BCUT2D eigenvalue weighted by Crippen LogP contribution is -2.41. The number of hydrogen-bond acceptors (Lipinski definition) is 3. The molecule has 1 saturated carbocycles. The van der Waals surface area contributed by atoms with Crippen molar-refractivity contribution < 1.29 is 9.59 Å². The molecule has 0 aromatic carbocycles. The van der Waals surface area contributed by atoms with E-state index in [0.717, 1.165) is 18.5 Å². The molecular weight excluding hydrogens is 290 g/mol. The number of rotatable bonds is 4. The van der Waals surface area contributed by atoms with Crippen molar-refractivity contribution in [2.75, 3.05) is 6.54 Å². The Balaban J connectivity index is 1.51. The first-order chi connectivity index (χ1) is 11.2. The van der Waals surface area contributed by atoms with Crippen molar-refractivity contribution in [2.45, 2.75) is 63.5 Å². The molecule has 2 fully saturated rings. The lowest BCUT2D eigenvalue weighted by molar-refractivity contribution is -0.129. The minimum absolute atomic E-state index is 0.0517. The Bertz CT molecular complexity index is 538. The maximum Gasteiger partial charge on any atom is 0.226 e. The lowest BCUT2D eigenvalue weighted by atomic mass is 10.1. The summed E-state index contributed by atoms with van der Waals surface area (Å²) in [7, 11) is 0. The number of pyridine rings is 1. The smallest absolute Gasteiger partial charge is 0.226 e. The van der Waals surface area contributed by atoms with Gasteiger partial charge in [0, 0.05) is 30.9 Å². The second kappa shape index (κ2) is 7.57. The van der Waals surface area contributed by atoms with E-state index < -0.39 is 0 Å². The molecule has 3 rings (SSSR count). The topological polar surface area (TPSA) is 62.3 Å². The summed E-state index contributed by atoms with van der Waals surface area (Å²) in [6, 6.07) is 5.88. The van der Waals surface area contributed by atoms with E-state index in [0.29, 0.717) is 19.0 Å². The first kappa shape index (κ1) is 16.0. The summed E-state index contributed by atoms with van der Waals surface area (Å²) in [6.07, 6.45) is 9.61. The van der Waals surface area contributed by atoms with Crippen molar-refractivity contribution in [2.24, 2.45) is 0 Å². The SMILES string of the molecule is O=C(Cc1ccccn1)N[C@@H]1CC(=O)N(C2CCCCCC2)C1. The van der Waals surface area contributed by atoms with Crippen LogP contribution in [0.15, 0.2) is 24.4 Å². The van der Waals surface area contributed by atoms with Crippen LogP contribution in [-0.2, 0) is 16.0 Å². The van der Waals surface area contributed by atoms with Crippen LogP contribution in [0, 0.1) is 0 Å². The predicted octanol–water partition coefficient (Wildman–Crippen LogP) is 2.06. The summed E-state index contributed by atoms with van der Waals surface area (Å²) < 4.78 is 0. The molecule has 0 radical (unpaired) electrons. The maximum atomic E-state index is 12.3. The zero-order valence-corrected chi connectivity index (χ0v) is 13.5. The fraction of sp³-hybridized carbons (Fsp3) is 0.611. The number of hydrogen-bond donors (Lipinski definition) is 1. The van der Waals surface area contributed by atoms with Crippen LogP contribution in [0.25, 0.3) is 0 Å². The summed E-state index contributed by atoms with van der Waals surface area (Å²) in [5.41, 5.74) is 0.759. The quantitative estimate of drug-likeness (QED) is 0.865. The fourth-order valence-electron chi connectivity index (χ4n) is 3.70. The van der Waals surface area contributed by atoms with Crippen LogP contribution in [0.4, 0.5) is 0 Å². The number of nitrogens with zero attached hydrogens (tertiary/aromatic N) is 2. The third-order valence-corrected chi connectivity index (χ3v) is 4.86. The second-order valence-corrected chi connectivity index (χ2v) is 6.66. The van der Waals surface area contributed by atoms with Crippen LogP contribution in [0.3, 0.4) is 0 Å². The zero-order valence-electron chi connectivity index (χ0n) is 13.5. The van der Waals surface area contributed by atoms with Crippen LogP contribution >= 0.6 is 0 Å². The number of carbonyl (C=O) groups is 2. The molecule has 1 aliphatic heterocycles. The Hall–Kier alpha value is -1.91. The minimum Gasteiger partial charge on any atom is -0.351 e. The molecule has 2 aliphatic rings. The molecule has 1 aromatic heterocycles. The lowest BCUT2D eigenvalue weighted by Gasteiger charge is -2.27. The van der Waals surface area contributed by atoms with Crippen molar-refractivity contribution in [1.29, 1.82) is 0 Å².